The molecule has 4 aliphatic rings. The summed E-state index contributed by atoms with van der Waals surface area (Å²) in [5.74, 6) is 1.59. The Morgan fingerprint density at radius 2 is 2.22 bits per heavy atom. The number of likely N-dealkylation sites (N-methyl/N-ethyl adjacent to an activating group) is 1. The van der Waals surface area contributed by atoms with Crippen LogP contribution in [0.2, 0.25) is 0 Å². The summed E-state index contributed by atoms with van der Waals surface area (Å²) in [6.07, 6.45) is 0.864. The maximum Gasteiger partial charge on any atom is 0.165 e. The fraction of sp³-hybridized carbons (Fsp3) is 0.611. The summed E-state index contributed by atoms with van der Waals surface area (Å²) in [5.41, 5.74) is 2.02. The molecule has 122 valence electrons. The molecular formula is C18H21NO4. The quantitative estimate of drug-likeness (QED) is 0.834. The van der Waals surface area contributed by atoms with Gasteiger partial charge in [-0.2, -0.15) is 0 Å². The number of Topliss-reactive ketones (excluding diaryl/α,β-unsaturated/α-hetero) is 1. The molecule has 1 saturated carbocycles. The van der Waals surface area contributed by atoms with Crippen LogP contribution in [0.15, 0.2) is 12.1 Å². The smallest absolute Gasteiger partial charge is 0.165 e. The van der Waals surface area contributed by atoms with E-state index in [1.165, 1.54) is 5.56 Å². The first-order valence-electron chi connectivity index (χ1n) is 8.36. The molecule has 2 bridgehead atoms. The lowest BCUT2D eigenvalue weighted by molar-refractivity contribution is -0.151. The van der Waals surface area contributed by atoms with Crippen molar-refractivity contribution in [2.45, 2.75) is 42.9 Å². The van der Waals surface area contributed by atoms with Crippen LogP contribution in [0.25, 0.3) is 0 Å². The average molecular weight is 315 g/mol. The lowest BCUT2D eigenvalue weighted by Gasteiger charge is -2.57. The number of likely N-dealkylation sites (tertiary alicyclic amines) is 1. The molecule has 0 aromatic heterocycles. The van der Waals surface area contributed by atoms with Gasteiger partial charge in [0.1, 0.15) is 11.9 Å². The van der Waals surface area contributed by atoms with Gasteiger partial charge in [-0.3, -0.25) is 4.79 Å². The Kier molecular flexibility index (Phi) is 2.57. The fourth-order valence-corrected chi connectivity index (χ4v) is 5.68. The van der Waals surface area contributed by atoms with E-state index < -0.39 is 6.10 Å². The molecule has 0 amide bonds. The maximum absolute atomic E-state index is 12.9. The van der Waals surface area contributed by atoms with Crippen LogP contribution in [0.4, 0.5) is 0 Å². The molecule has 1 aromatic carbocycles. The summed E-state index contributed by atoms with van der Waals surface area (Å²) >= 11 is 0. The fourth-order valence-electron chi connectivity index (χ4n) is 5.68. The van der Waals surface area contributed by atoms with Crippen molar-refractivity contribution in [2.24, 2.45) is 5.92 Å². The molecule has 5 heteroatoms. The zero-order valence-electron chi connectivity index (χ0n) is 13.4. The second-order valence-corrected chi connectivity index (χ2v) is 7.43. The van der Waals surface area contributed by atoms with Crippen molar-refractivity contribution in [3.63, 3.8) is 0 Å². The normalized spacial score (nSPS) is 40.6. The molecule has 5 atom stereocenters. The number of carbonyl (C=O) groups is 1. The summed E-state index contributed by atoms with van der Waals surface area (Å²) < 4.78 is 11.7. The van der Waals surface area contributed by atoms with E-state index in [2.05, 4.69) is 18.0 Å². The molecule has 23 heavy (non-hydrogen) atoms. The van der Waals surface area contributed by atoms with Gasteiger partial charge in [0.25, 0.3) is 0 Å². The number of ketones is 1. The van der Waals surface area contributed by atoms with Gasteiger partial charge in [0.2, 0.25) is 0 Å². The molecule has 5 rings (SSSR count). The average Bonchev–Trinajstić information content (AvgIpc) is 2.88. The Bertz CT molecular complexity index is 717. The van der Waals surface area contributed by atoms with Gasteiger partial charge in [-0.1, -0.05) is 6.07 Å². The minimum Gasteiger partial charge on any atom is -0.493 e. The van der Waals surface area contributed by atoms with Crippen molar-refractivity contribution >= 4 is 5.78 Å². The van der Waals surface area contributed by atoms with E-state index in [9.17, 15) is 9.90 Å². The van der Waals surface area contributed by atoms with Gasteiger partial charge in [0.05, 0.1) is 18.6 Å². The highest BCUT2D eigenvalue weighted by molar-refractivity contribution is 5.88. The number of rotatable bonds is 1. The Hall–Kier alpha value is -1.59. The molecule has 0 radical (unpaired) electrons. The minimum absolute atomic E-state index is 0.0736. The van der Waals surface area contributed by atoms with Crippen molar-refractivity contribution in [1.29, 1.82) is 0 Å². The third-order valence-corrected chi connectivity index (χ3v) is 6.57. The second-order valence-electron chi connectivity index (χ2n) is 7.43. The molecule has 1 N–H and O–H groups in total. The molecule has 0 unspecified atom stereocenters. The number of ether oxygens (including phenoxy) is 2. The van der Waals surface area contributed by atoms with Crippen molar-refractivity contribution in [3.05, 3.63) is 23.3 Å². The van der Waals surface area contributed by atoms with E-state index in [1.54, 1.807) is 7.11 Å². The topological polar surface area (TPSA) is 59.0 Å². The lowest BCUT2D eigenvalue weighted by atomic mass is 9.51. The Labute approximate surface area is 135 Å². The van der Waals surface area contributed by atoms with E-state index in [-0.39, 0.29) is 35.7 Å². The highest BCUT2D eigenvalue weighted by atomic mass is 16.5. The van der Waals surface area contributed by atoms with Gasteiger partial charge < -0.3 is 19.5 Å². The minimum atomic E-state index is -0.731. The first kappa shape index (κ1) is 13.8. The predicted molar refractivity (Wildman–Crippen MR) is 82.9 cm³/mol. The summed E-state index contributed by atoms with van der Waals surface area (Å²) in [6, 6.07) is 4.27. The van der Waals surface area contributed by atoms with Gasteiger partial charge in [0.15, 0.2) is 11.5 Å². The van der Waals surface area contributed by atoms with E-state index in [0.717, 1.165) is 30.7 Å². The molecule has 1 aromatic rings. The molecule has 2 fully saturated rings. The number of aliphatic hydroxyl groups excluding tert-OH is 1. The summed E-state index contributed by atoms with van der Waals surface area (Å²) in [5, 5.41) is 10.6. The number of carbonyl (C=O) groups excluding carboxylic acids is 1. The third kappa shape index (κ3) is 1.44. The Morgan fingerprint density at radius 1 is 1.39 bits per heavy atom. The number of nitrogens with zero attached hydrogens (tertiary/aromatic N) is 1. The van der Waals surface area contributed by atoms with Gasteiger partial charge in [-0.15, -0.1) is 0 Å². The Morgan fingerprint density at radius 3 is 3.00 bits per heavy atom. The van der Waals surface area contributed by atoms with Crippen molar-refractivity contribution in [1.82, 2.24) is 4.90 Å². The van der Waals surface area contributed by atoms with Crippen molar-refractivity contribution in [2.75, 3.05) is 20.7 Å². The summed E-state index contributed by atoms with van der Waals surface area (Å²) in [7, 11) is 3.75. The molecule has 2 aliphatic carbocycles. The summed E-state index contributed by atoms with van der Waals surface area (Å²) in [4.78, 5) is 15.2. The SMILES string of the molecule is COc1ccc2c3c1O[C@H]1[C@@H](O)CC(=O)[C@H]4[C@@H](C2)N(C)CC[C@]314. The molecule has 1 spiro atoms. The molecular weight excluding hydrogens is 294 g/mol. The van der Waals surface area contributed by atoms with Crippen LogP contribution in [0.1, 0.15) is 24.0 Å². The van der Waals surface area contributed by atoms with E-state index in [1.807, 2.05) is 6.07 Å². The van der Waals surface area contributed by atoms with Crippen molar-refractivity contribution in [3.8, 4) is 11.5 Å². The van der Waals surface area contributed by atoms with Gasteiger partial charge in [0, 0.05) is 23.9 Å². The number of methoxy groups -OCH3 is 1. The monoisotopic (exact) mass is 315 g/mol. The number of hydrogen-bond donors (Lipinski definition) is 1. The largest absolute Gasteiger partial charge is 0.493 e. The number of benzene rings is 1. The summed E-state index contributed by atoms with van der Waals surface area (Å²) in [6.45, 7) is 0.928. The number of hydrogen-bond acceptors (Lipinski definition) is 5. The van der Waals surface area contributed by atoms with E-state index in [0.29, 0.717) is 5.75 Å². The van der Waals surface area contributed by atoms with Crippen molar-refractivity contribution < 1.29 is 19.4 Å². The first-order valence-corrected chi connectivity index (χ1v) is 8.36. The molecule has 1 saturated heterocycles. The van der Waals surface area contributed by atoms with E-state index in [4.69, 9.17) is 9.47 Å². The van der Waals surface area contributed by atoms with E-state index >= 15 is 0 Å². The van der Waals surface area contributed by atoms with Crippen LogP contribution in [0.5, 0.6) is 11.5 Å². The van der Waals surface area contributed by atoms with Crippen LogP contribution in [-0.2, 0) is 16.6 Å². The lowest BCUT2D eigenvalue weighted by Crippen LogP contribution is -2.69. The number of aliphatic hydroxyl groups is 1. The van der Waals surface area contributed by atoms with Crippen LogP contribution in [0.3, 0.4) is 0 Å². The predicted octanol–water partition coefficient (Wildman–Crippen LogP) is 0.904. The highest BCUT2D eigenvalue weighted by Crippen LogP contribution is 2.62. The molecule has 5 nitrogen and oxygen atoms in total. The highest BCUT2D eigenvalue weighted by Gasteiger charge is 2.68. The molecule has 2 aliphatic heterocycles. The second kappa shape index (κ2) is 4.28. The third-order valence-electron chi connectivity index (χ3n) is 6.57. The van der Waals surface area contributed by atoms with Crippen LogP contribution in [-0.4, -0.2) is 54.7 Å². The Balaban J connectivity index is 1.82. The maximum atomic E-state index is 12.9. The zero-order chi connectivity index (χ0) is 15.9. The van der Waals surface area contributed by atoms with Crippen LogP contribution >= 0.6 is 0 Å². The number of piperidine rings is 1. The van der Waals surface area contributed by atoms with Gasteiger partial charge in [-0.25, -0.2) is 0 Å². The van der Waals surface area contributed by atoms with Crippen LogP contribution in [0, 0.1) is 5.92 Å². The van der Waals surface area contributed by atoms with Gasteiger partial charge in [-0.05, 0) is 38.1 Å². The van der Waals surface area contributed by atoms with Gasteiger partial charge >= 0.3 is 0 Å². The standard InChI is InChI=1S/C18H21NO4/c1-19-6-5-18-14-9-3-4-13(22-2)16(14)23-17(18)12(21)8-11(20)15(18)10(19)7-9/h3-4,10,12,15,17,21H,5-8H2,1-2H3/t10-,12+,15-,17+,18-/m1/s1. The first-order chi connectivity index (χ1) is 11.1. The molecule has 2 heterocycles. The van der Waals surface area contributed by atoms with Crippen LogP contribution < -0.4 is 9.47 Å². The zero-order valence-corrected chi connectivity index (χ0v) is 13.4.